The minimum Gasteiger partial charge on any atom is -0.354 e. The van der Waals surface area contributed by atoms with E-state index in [0.29, 0.717) is 31.6 Å². The molecule has 0 unspecified atom stereocenters. The third kappa shape index (κ3) is 2.90. The minimum atomic E-state index is -0.00898. The van der Waals surface area contributed by atoms with Gasteiger partial charge in [0.1, 0.15) is 0 Å². The van der Waals surface area contributed by atoms with Gasteiger partial charge in [-0.15, -0.1) is 0 Å². The molecule has 0 radical (unpaired) electrons. The molecule has 96 valence electrons. The van der Waals surface area contributed by atoms with E-state index in [9.17, 15) is 9.59 Å². The largest absolute Gasteiger partial charge is 0.354 e. The SMILES string of the molecule is Cc1ccc(Br)cc1C(=O)N1CCNC(=O)CC1. The van der Waals surface area contributed by atoms with Gasteiger partial charge in [0.05, 0.1) is 0 Å². The van der Waals surface area contributed by atoms with Crippen LogP contribution in [0.4, 0.5) is 0 Å². The molecule has 1 aliphatic heterocycles. The third-order valence-electron chi connectivity index (χ3n) is 3.03. The maximum Gasteiger partial charge on any atom is 0.254 e. The minimum absolute atomic E-state index is 0.00898. The maximum absolute atomic E-state index is 12.4. The Morgan fingerprint density at radius 2 is 2.17 bits per heavy atom. The van der Waals surface area contributed by atoms with Crippen LogP contribution >= 0.6 is 15.9 Å². The molecule has 1 aromatic carbocycles. The zero-order valence-corrected chi connectivity index (χ0v) is 11.8. The standard InChI is InChI=1S/C13H15BrN2O2/c1-9-2-3-10(14)8-11(9)13(18)16-6-4-12(17)15-5-7-16/h2-3,8H,4-7H2,1H3,(H,15,17). The van der Waals surface area contributed by atoms with Gasteiger partial charge >= 0.3 is 0 Å². The van der Waals surface area contributed by atoms with E-state index < -0.39 is 0 Å². The Morgan fingerprint density at radius 1 is 1.39 bits per heavy atom. The van der Waals surface area contributed by atoms with Gasteiger partial charge in [-0.05, 0) is 24.6 Å². The lowest BCUT2D eigenvalue weighted by molar-refractivity contribution is -0.120. The molecule has 18 heavy (non-hydrogen) atoms. The Morgan fingerprint density at radius 3 is 2.94 bits per heavy atom. The van der Waals surface area contributed by atoms with E-state index in [4.69, 9.17) is 0 Å². The van der Waals surface area contributed by atoms with E-state index in [0.717, 1.165) is 10.0 Å². The third-order valence-corrected chi connectivity index (χ3v) is 3.52. The monoisotopic (exact) mass is 310 g/mol. The second-order valence-corrected chi connectivity index (χ2v) is 5.27. The molecule has 2 rings (SSSR count). The summed E-state index contributed by atoms with van der Waals surface area (Å²) in [6.07, 6.45) is 0.374. The molecule has 1 aliphatic rings. The quantitative estimate of drug-likeness (QED) is 0.858. The van der Waals surface area contributed by atoms with Crippen molar-refractivity contribution in [2.45, 2.75) is 13.3 Å². The number of aryl methyl sites for hydroxylation is 1. The first-order chi connectivity index (χ1) is 8.58. The smallest absolute Gasteiger partial charge is 0.254 e. The predicted molar refractivity (Wildman–Crippen MR) is 72.4 cm³/mol. The highest BCUT2D eigenvalue weighted by Gasteiger charge is 2.20. The number of hydrogen-bond acceptors (Lipinski definition) is 2. The Hall–Kier alpha value is -1.36. The van der Waals surface area contributed by atoms with E-state index in [2.05, 4.69) is 21.2 Å². The lowest BCUT2D eigenvalue weighted by atomic mass is 10.1. The van der Waals surface area contributed by atoms with Crippen molar-refractivity contribution in [2.75, 3.05) is 19.6 Å². The number of nitrogens with zero attached hydrogens (tertiary/aromatic N) is 1. The van der Waals surface area contributed by atoms with Crippen molar-refractivity contribution in [1.29, 1.82) is 0 Å². The zero-order chi connectivity index (χ0) is 13.1. The number of nitrogens with one attached hydrogen (secondary N) is 1. The van der Waals surface area contributed by atoms with Gasteiger partial charge < -0.3 is 10.2 Å². The first-order valence-corrected chi connectivity index (χ1v) is 6.69. The van der Waals surface area contributed by atoms with Gasteiger partial charge in [0.15, 0.2) is 0 Å². The topological polar surface area (TPSA) is 49.4 Å². The fourth-order valence-electron chi connectivity index (χ4n) is 1.97. The van der Waals surface area contributed by atoms with Crippen molar-refractivity contribution in [1.82, 2.24) is 10.2 Å². The Kier molecular flexibility index (Phi) is 4.01. The van der Waals surface area contributed by atoms with Crippen LogP contribution in [0.5, 0.6) is 0 Å². The highest BCUT2D eigenvalue weighted by Crippen LogP contribution is 2.18. The molecular weight excluding hydrogens is 296 g/mol. The van der Waals surface area contributed by atoms with E-state index in [1.54, 1.807) is 4.90 Å². The number of carbonyl (C=O) groups excluding carboxylic acids is 2. The van der Waals surface area contributed by atoms with Gasteiger partial charge in [-0.25, -0.2) is 0 Å². The van der Waals surface area contributed by atoms with Crippen LogP contribution in [0.2, 0.25) is 0 Å². The Labute approximate surface area is 114 Å². The average molecular weight is 311 g/mol. The van der Waals surface area contributed by atoms with Crippen molar-refractivity contribution in [3.8, 4) is 0 Å². The van der Waals surface area contributed by atoms with Gasteiger partial charge in [-0.3, -0.25) is 9.59 Å². The molecule has 1 aromatic rings. The Bertz CT molecular complexity index is 488. The summed E-state index contributed by atoms with van der Waals surface area (Å²) >= 11 is 3.38. The summed E-state index contributed by atoms with van der Waals surface area (Å²) in [4.78, 5) is 25.4. The summed E-state index contributed by atoms with van der Waals surface area (Å²) in [6, 6.07) is 5.66. The van der Waals surface area contributed by atoms with Crippen LogP contribution in [-0.4, -0.2) is 36.3 Å². The van der Waals surface area contributed by atoms with Gasteiger partial charge in [0.2, 0.25) is 5.91 Å². The van der Waals surface area contributed by atoms with Crippen LogP contribution in [0.3, 0.4) is 0 Å². The molecule has 5 heteroatoms. The fourth-order valence-corrected chi connectivity index (χ4v) is 2.33. The molecule has 0 spiro atoms. The van der Waals surface area contributed by atoms with Gasteiger partial charge in [0, 0.05) is 36.1 Å². The highest BCUT2D eigenvalue weighted by molar-refractivity contribution is 9.10. The Balaban J connectivity index is 2.19. The number of benzene rings is 1. The number of hydrogen-bond donors (Lipinski definition) is 1. The van der Waals surface area contributed by atoms with Crippen LogP contribution in [-0.2, 0) is 4.79 Å². The maximum atomic E-state index is 12.4. The predicted octanol–water partition coefficient (Wildman–Crippen LogP) is 1.72. The van der Waals surface area contributed by atoms with Gasteiger partial charge in [-0.2, -0.15) is 0 Å². The number of halogens is 1. The second kappa shape index (κ2) is 5.52. The van der Waals surface area contributed by atoms with Crippen molar-refractivity contribution in [2.24, 2.45) is 0 Å². The van der Waals surface area contributed by atoms with Crippen LogP contribution < -0.4 is 5.32 Å². The molecule has 0 atom stereocenters. The number of amides is 2. The average Bonchev–Trinajstić information content (AvgIpc) is 2.56. The van der Waals surface area contributed by atoms with Crippen molar-refractivity contribution in [3.05, 3.63) is 33.8 Å². The van der Waals surface area contributed by atoms with Crippen LogP contribution in [0.15, 0.2) is 22.7 Å². The van der Waals surface area contributed by atoms with Crippen LogP contribution in [0.25, 0.3) is 0 Å². The van der Waals surface area contributed by atoms with Crippen molar-refractivity contribution >= 4 is 27.7 Å². The van der Waals surface area contributed by atoms with Gasteiger partial charge in [-0.1, -0.05) is 22.0 Å². The van der Waals surface area contributed by atoms with Crippen molar-refractivity contribution in [3.63, 3.8) is 0 Å². The molecule has 1 N–H and O–H groups in total. The molecule has 0 saturated carbocycles. The summed E-state index contributed by atoms with van der Waals surface area (Å²) in [5, 5.41) is 2.76. The lowest BCUT2D eigenvalue weighted by Crippen LogP contribution is -2.34. The van der Waals surface area contributed by atoms with E-state index in [1.165, 1.54) is 0 Å². The molecule has 0 aromatic heterocycles. The summed E-state index contributed by atoms with van der Waals surface area (Å²) in [6.45, 7) is 3.49. The summed E-state index contributed by atoms with van der Waals surface area (Å²) in [5.41, 5.74) is 1.64. The van der Waals surface area contributed by atoms with Gasteiger partial charge in [0.25, 0.3) is 5.91 Å². The van der Waals surface area contributed by atoms with Crippen LogP contribution in [0.1, 0.15) is 22.3 Å². The van der Waals surface area contributed by atoms with Crippen molar-refractivity contribution < 1.29 is 9.59 Å². The van der Waals surface area contributed by atoms with E-state index in [-0.39, 0.29) is 11.8 Å². The molecule has 2 amide bonds. The fraction of sp³-hybridized carbons (Fsp3) is 0.385. The summed E-state index contributed by atoms with van der Waals surface area (Å²) < 4.78 is 0.889. The first kappa shape index (κ1) is 13.1. The molecule has 1 saturated heterocycles. The van der Waals surface area contributed by atoms with Crippen LogP contribution in [0, 0.1) is 6.92 Å². The molecular formula is C13H15BrN2O2. The van der Waals surface area contributed by atoms with E-state index >= 15 is 0 Å². The van der Waals surface area contributed by atoms with E-state index in [1.807, 2.05) is 25.1 Å². The molecule has 0 aliphatic carbocycles. The number of rotatable bonds is 1. The molecule has 4 nitrogen and oxygen atoms in total. The molecule has 1 fully saturated rings. The summed E-state index contributed by atoms with van der Waals surface area (Å²) in [5.74, 6) is 0.00145. The normalized spacial score (nSPS) is 16.1. The molecule has 0 bridgehead atoms. The first-order valence-electron chi connectivity index (χ1n) is 5.90. The number of carbonyl (C=O) groups is 2. The molecule has 1 heterocycles. The highest BCUT2D eigenvalue weighted by atomic mass is 79.9. The second-order valence-electron chi connectivity index (χ2n) is 4.35. The zero-order valence-electron chi connectivity index (χ0n) is 10.2. The summed E-state index contributed by atoms with van der Waals surface area (Å²) in [7, 11) is 0. The lowest BCUT2D eigenvalue weighted by Gasteiger charge is -2.20.